The molecular weight excluding hydrogens is 751 g/mol. The second kappa shape index (κ2) is 15.6. The number of carbonyl (C=O) groups is 2. The van der Waals surface area contributed by atoms with Crippen molar-refractivity contribution in [1.82, 2.24) is 14.0 Å². The van der Waals surface area contributed by atoms with Gasteiger partial charge in [0.2, 0.25) is 0 Å². The van der Waals surface area contributed by atoms with Crippen molar-refractivity contribution in [3.05, 3.63) is 103 Å². The van der Waals surface area contributed by atoms with Crippen LogP contribution in [0, 0.1) is 13.8 Å². The maximum Gasteiger partial charge on any atom is 0.352 e. The summed E-state index contributed by atoms with van der Waals surface area (Å²) in [7, 11) is 5.39. The van der Waals surface area contributed by atoms with Gasteiger partial charge in [-0.25, -0.2) is 4.79 Å². The fraction of sp³-hybridized carbons (Fsp3) is 0.364. The number of rotatable bonds is 12. The van der Waals surface area contributed by atoms with Crippen LogP contribution in [0.25, 0.3) is 27.4 Å². The fourth-order valence-corrected chi connectivity index (χ4v) is 8.67. The number of likely N-dealkylation sites (N-methyl/N-ethyl adjacent to an activating group) is 1. The minimum Gasteiger partial charge on any atom is -0.494 e. The zero-order valence-corrected chi connectivity index (χ0v) is 34.7. The van der Waals surface area contributed by atoms with E-state index in [1.54, 1.807) is 29.7 Å². The van der Waals surface area contributed by atoms with Crippen molar-refractivity contribution in [1.29, 1.82) is 0 Å². The van der Waals surface area contributed by atoms with E-state index in [9.17, 15) is 9.90 Å². The van der Waals surface area contributed by atoms with E-state index in [1.807, 2.05) is 50.2 Å². The summed E-state index contributed by atoms with van der Waals surface area (Å²) in [6.45, 7) is 12.5. The number of amides is 1. The zero-order valence-electron chi connectivity index (χ0n) is 33.2. The van der Waals surface area contributed by atoms with Crippen molar-refractivity contribution in [2.24, 2.45) is 7.05 Å². The van der Waals surface area contributed by atoms with Crippen molar-refractivity contribution >= 4 is 68.1 Å². The van der Waals surface area contributed by atoms with Gasteiger partial charge < -0.3 is 38.3 Å². The highest BCUT2D eigenvalue weighted by atomic mass is 35.5. The summed E-state index contributed by atoms with van der Waals surface area (Å²) in [5, 5.41) is 13.1. The Labute approximate surface area is 337 Å². The van der Waals surface area contributed by atoms with E-state index < -0.39 is 5.97 Å². The maximum absolute atomic E-state index is 15.3. The van der Waals surface area contributed by atoms with Gasteiger partial charge in [0.1, 0.15) is 29.5 Å². The second-order valence-corrected chi connectivity index (χ2v) is 15.7. The number of methoxy groups -OCH3 is 1. The number of halogens is 2. The maximum atomic E-state index is 15.3. The van der Waals surface area contributed by atoms with Crippen LogP contribution in [0.3, 0.4) is 0 Å². The second-order valence-electron chi connectivity index (χ2n) is 14.9. The molecule has 0 bridgehead atoms. The summed E-state index contributed by atoms with van der Waals surface area (Å²) >= 11 is 13.6. The average molecular weight is 800 g/mol. The molecule has 0 unspecified atom stereocenters. The Balaban J connectivity index is 1.39. The summed E-state index contributed by atoms with van der Waals surface area (Å²) in [6, 6.07) is 13.0. The van der Waals surface area contributed by atoms with Gasteiger partial charge >= 0.3 is 5.97 Å². The monoisotopic (exact) mass is 798 g/mol. The highest BCUT2D eigenvalue weighted by molar-refractivity contribution is 6.34. The van der Waals surface area contributed by atoms with Crippen LogP contribution in [-0.4, -0.2) is 78.1 Å². The summed E-state index contributed by atoms with van der Waals surface area (Å²) in [6.07, 6.45) is 3.42. The van der Waals surface area contributed by atoms with Crippen LogP contribution >= 0.6 is 23.2 Å². The highest BCUT2D eigenvalue weighted by Crippen LogP contribution is 2.46. The molecule has 5 aromatic rings. The van der Waals surface area contributed by atoms with Crippen LogP contribution < -0.4 is 14.4 Å². The number of ether oxygens (including phenoxy) is 3. The molecule has 56 heavy (non-hydrogen) atoms. The molecule has 294 valence electrons. The number of allylic oxidation sites excluding steroid dienone is 3. The molecule has 2 aliphatic rings. The molecule has 1 amide bonds. The van der Waals surface area contributed by atoms with Gasteiger partial charge in [0.25, 0.3) is 5.91 Å². The van der Waals surface area contributed by atoms with Gasteiger partial charge in [-0.15, -0.1) is 0 Å². The van der Waals surface area contributed by atoms with Gasteiger partial charge in [-0.3, -0.25) is 4.79 Å². The van der Waals surface area contributed by atoms with Crippen LogP contribution in [0.2, 0.25) is 10.0 Å². The molecule has 2 aliphatic heterocycles. The van der Waals surface area contributed by atoms with Gasteiger partial charge in [0, 0.05) is 85.1 Å². The number of carboxylic acid groups (broad SMARTS) is 1. The predicted octanol–water partition coefficient (Wildman–Crippen LogP) is 9.64. The highest BCUT2D eigenvalue weighted by Gasteiger charge is 2.38. The van der Waals surface area contributed by atoms with Crippen LogP contribution in [0.5, 0.6) is 11.5 Å². The van der Waals surface area contributed by atoms with E-state index in [2.05, 4.69) is 43.4 Å². The molecule has 0 aliphatic carbocycles. The molecule has 0 spiro atoms. The molecular formula is C44H48Cl2N4O6. The number of fused-ring (bicyclic) bond motifs is 4. The molecule has 4 heterocycles. The summed E-state index contributed by atoms with van der Waals surface area (Å²) in [5.41, 5.74) is 9.89. The first kappa shape index (κ1) is 39.3. The van der Waals surface area contributed by atoms with Crippen molar-refractivity contribution in [3.63, 3.8) is 0 Å². The molecule has 10 nitrogen and oxygen atoms in total. The third kappa shape index (κ3) is 6.82. The number of carbonyl (C=O) groups excluding carboxylic acids is 1. The van der Waals surface area contributed by atoms with Crippen molar-refractivity contribution in [2.75, 3.05) is 52.0 Å². The van der Waals surface area contributed by atoms with Crippen LogP contribution in [0.1, 0.15) is 76.5 Å². The number of aryl methyl sites for hydroxylation is 4. The predicted molar refractivity (Wildman–Crippen MR) is 224 cm³/mol. The van der Waals surface area contributed by atoms with E-state index >= 15 is 4.79 Å². The zero-order chi connectivity index (χ0) is 40.2. The number of hydrogen-bond donors (Lipinski definition) is 1. The first-order valence-electron chi connectivity index (χ1n) is 18.9. The lowest BCUT2D eigenvalue weighted by Gasteiger charge is -2.35. The van der Waals surface area contributed by atoms with Crippen LogP contribution in [-0.2, 0) is 18.2 Å². The van der Waals surface area contributed by atoms with Gasteiger partial charge in [-0.2, -0.15) is 0 Å². The normalized spacial score (nSPS) is 15.9. The SMILES string of the molecule is COCCOc1cc(N2C[C@@H](C)n3c(c(CCCOc4cc(C)c(Cl)c(C)c4)c4ccc(Cl)c(C5=C(C)N(C)CC=C5C)c43)C2=O)c2cc(C(=O)O)n(C)c2c1. The van der Waals surface area contributed by atoms with E-state index in [4.69, 9.17) is 37.4 Å². The molecule has 7 rings (SSSR count). The van der Waals surface area contributed by atoms with Crippen LogP contribution in [0.4, 0.5) is 5.69 Å². The lowest BCUT2D eigenvalue weighted by molar-refractivity contribution is 0.0686. The summed E-state index contributed by atoms with van der Waals surface area (Å²) in [4.78, 5) is 31.6. The Kier molecular flexibility index (Phi) is 10.9. The quantitative estimate of drug-likeness (QED) is 0.126. The number of carboxylic acids is 1. The van der Waals surface area contributed by atoms with E-state index in [0.717, 1.165) is 67.3 Å². The van der Waals surface area contributed by atoms with E-state index in [0.29, 0.717) is 72.3 Å². The molecule has 2 aromatic heterocycles. The number of nitrogens with zero attached hydrogens (tertiary/aromatic N) is 4. The fourth-order valence-electron chi connectivity index (χ4n) is 8.31. The molecule has 12 heteroatoms. The Morgan fingerprint density at radius 3 is 2.32 bits per heavy atom. The van der Waals surface area contributed by atoms with Crippen molar-refractivity contribution in [3.8, 4) is 11.5 Å². The Morgan fingerprint density at radius 1 is 0.929 bits per heavy atom. The standard InChI is InChI=1S/C44H48Cl2N4O6/c1-24-13-14-47(6)28(5)38(24)39-34(45)12-11-32-31(10-9-15-55-29-18-25(2)40(46)26(3)19-29)42-43(51)49(23-27(4)50(42)41(32)39)36-21-30(56-17-16-54-8)20-35-33(36)22-37(44(52)53)48(35)7/h11-13,18-22,27H,9-10,14-17,23H2,1-8H3,(H,52,53)/t27-/m1/s1. The topological polar surface area (TPSA) is 98.4 Å². The number of aromatic nitrogens is 2. The average Bonchev–Trinajstić information content (AvgIpc) is 3.68. The molecule has 0 radical (unpaired) electrons. The van der Waals surface area contributed by atoms with E-state index in [-0.39, 0.29) is 17.6 Å². The minimum atomic E-state index is -1.06. The van der Waals surface area contributed by atoms with E-state index in [1.165, 1.54) is 0 Å². The smallest absolute Gasteiger partial charge is 0.352 e. The van der Waals surface area contributed by atoms with Gasteiger partial charge in [-0.1, -0.05) is 35.3 Å². The van der Waals surface area contributed by atoms with Gasteiger partial charge in [0.05, 0.1) is 35.0 Å². The van der Waals surface area contributed by atoms with Crippen molar-refractivity contribution in [2.45, 2.75) is 53.5 Å². The Morgan fingerprint density at radius 2 is 1.62 bits per heavy atom. The number of benzene rings is 3. The lowest BCUT2D eigenvalue weighted by Crippen LogP contribution is -2.42. The van der Waals surface area contributed by atoms with Gasteiger partial charge in [-0.05, 0) is 94.0 Å². The third-order valence-corrected chi connectivity index (χ3v) is 12.1. The molecule has 1 atom stereocenters. The molecule has 3 aromatic carbocycles. The first-order chi connectivity index (χ1) is 26.7. The van der Waals surface area contributed by atoms with Crippen LogP contribution in [0.15, 0.2) is 59.8 Å². The Bertz CT molecular complexity index is 2450. The largest absolute Gasteiger partial charge is 0.494 e. The van der Waals surface area contributed by atoms with Crippen molar-refractivity contribution < 1.29 is 28.9 Å². The number of hydrogen-bond acceptors (Lipinski definition) is 6. The summed E-state index contributed by atoms with van der Waals surface area (Å²) < 4.78 is 21.4. The summed E-state index contributed by atoms with van der Waals surface area (Å²) in [5.74, 6) is 0.0232. The minimum absolute atomic E-state index is 0.109. The number of aromatic carboxylic acids is 1. The molecule has 1 N–H and O–H groups in total. The number of anilines is 1. The lowest BCUT2D eigenvalue weighted by atomic mass is 9.91. The third-order valence-electron chi connectivity index (χ3n) is 11.2. The molecule has 0 saturated heterocycles. The van der Waals surface area contributed by atoms with Gasteiger partial charge in [0.15, 0.2) is 0 Å². The molecule has 0 fully saturated rings. The Hall–Kier alpha value is -4.90. The molecule has 0 saturated carbocycles. The first-order valence-corrected chi connectivity index (χ1v) is 19.6.